The number of aliphatic hydroxyl groups is 1. The molecule has 2 atom stereocenters. The number of halogens is 2. The number of ketones is 1. The van der Waals surface area contributed by atoms with E-state index in [1.165, 1.54) is 0 Å². The van der Waals surface area contributed by atoms with Gasteiger partial charge < -0.3 is 9.84 Å². The molecule has 1 saturated heterocycles. The van der Waals surface area contributed by atoms with Crippen molar-refractivity contribution in [2.24, 2.45) is 0 Å². The van der Waals surface area contributed by atoms with Crippen LogP contribution in [-0.2, 0) is 4.74 Å². The van der Waals surface area contributed by atoms with Crippen LogP contribution < -0.4 is 0 Å². The molecule has 1 N–H and O–H groups in total. The van der Waals surface area contributed by atoms with Crippen LogP contribution in [0.25, 0.3) is 0 Å². The van der Waals surface area contributed by atoms with Crippen molar-refractivity contribution in [1.29, 1.82) is 0 Å². The largest absolute Gasteiger partial charge is 0.367 e. The molecule has 1 aliphatic heterocycles. The first-order valence-corrected chi connectivity index (χ1v) is 8.52. The summed E-state index contributed by atoms with van der Waals surface area (Å²) in [4.78, 5) is 14.7. The van der Waals surface area contributed by atoms with Crippen molar-refractivity contribution in [3.05, 3.63) is 33.8 Å². The second-order valence-electron chi connectivity index (χ2n) is 6.83. The third kappa shape index (κ3) is 5.16. The van der Waals surface area contributed by atoms with Gasteiger partial charge in [-0.25, -0.2) is 0 Å². The lowest BCUT2D eigenvalue weighted by molar-refractivity contribution is -0.173. The van der Waals surface area contributed by atoms with Crippen LogP contribution in [0.15, 0.2) is 18.2 Å². The van der Waals surface area contributed by atoms with Gasteiger partial charge in [-0.15, -0.1) is 0 Å². The Morgan fingerprint density at radius 1 is 1.39 bits per heavy atom. The third-order valence-electron chi connectivity index (χ3n) is 3.75. The molecule has 1 aromatic rings. The Morgan fingerprint density at radius 2 is 2.09 bits per heavy atom. The van der Waals surface area contributed by atoms with Crippen LogP contribution in [0.3, 0.4) is 0 Å². The smallest absolute Gasteiger partial charge is 0.180 e. The summed E-state index contributed by atoms with van der Waals surface area (Å²) in [5.41, 5.74) is 0.116. The predicted molar refractivity (Wildman–Crippen MR) is 92.2 cm³/mol. The van der Waals surface area contributed by atoms with Crippen LogP contribution in [0, 0.1) is 0 Å². The maximum absolute atomic E-state index is 12.7. The predicted octanol–water partition coefficient (Wildman–Crippen LogP) is 3.77. The van der Waals surface area contributed by atoms with Gasteiger partial charge >= 0.3 is 0 Å². The Kier molecular flexibility index (Phi) is 6.09. The molecule has 0 spiro atoms. The van der Waals surface area contributed by atoms with Crippen LogP contribution in [0.4, 0.5) is 0 Å². The Bertz CT molecular complexity index is 571. The molecule has 1 aliphatic rings. The van der Waals surface area contributed by atoms with E-state index in [1.807, 2.05) is 25.7 Å². The molecule has 0 bridgehead atoms. The number of β-amino-alcohol motifs (C(OH)–C–C–N with tert-alkyl or cyclic N) is 1. The van der Waals surface area contributed by atoms with E-state index in [2.05, 4.69) is 0 Å². The number of carbonyl (C=O) groups is 1. The molecule has 2 rings (SSSR count). The number of benzene rings is 1. The molecule has 1 unspecified atom stereocenters. The zero-order valence-electron chi connectivity index (χ0n) is 13.7. The number of hydrogen-bond donors (Lipinski definition) is 1. The van der Waals surface area contributed by atoms with Crippen molar-refractivity contribution in [2.45, 2.75) is 51.5 Å². The van der Waals surface area contributed by atoms with Crippen molar-refractivity contribution >= 4 is 29.0 Å². The van der Waals surface area contributed by atoms with Gasteiger partial charge in [-0.1, -0.05) is 23.2 Å². The summed E-state index contributed by atoms with van der Waals surface area (Å²) in [6.45, 7) is 6.74. The zero-order valence-corrected chi connectivity index (χ0v) is 15.2. The highest BCUT2D eigenvalue weighted by molar-refractivity contribution is 6.42. The van der Waals surface area contributed by atoms with E-state index in [0.29, 0.717) is 22.2 Å². The maximum Gasteiger partial charge on any atom is 0.180 e. The third-order valence-corrected chi connectivity index (χ3v) is 4.49. The monoisotopic (exact) mass is 359 g/mol. The van der Waals surface area contributed by atoms with E-state index >= 15 is 0 Å². The van der Waals surface area contributed by atoms with E-state index in [1.54, 1.807) is 18.2 Å². The van der Waals surface area contributed by atoms with Gasteiger partial charge in [0, 0.05) is 5.56 Å². The second-order valence-corrected chi connectivity index (χ2v) is 7.65. The summed E-state index contributed by atoms with van der Waals surface area (Å²) in [5, 5.41) is 10.9. The van der Waals surface area contributed by atoms with Gasteiger partial charge in [0.1, 0.15) is 0 Å². The summed E-state index contributed by atoms with van der Waals surface area (Å²) < 4.78 is 5.53. The van der Waals surface area contributed by atoms with Gasteiger partial charge in [0.25, 0.3) is 0 Å². The number of hydrogen-bond acceptors (Lipinski definition) is 4. The minimum absolute atomic E-state index is 0.00373. The highest BCUT2D eigenvalue weighted by Gasteiger charge is 2.33. The van der Waals surface area contributed by atoms with Crippen molar-refractivity contribution < 1.29 is 14.6 Å². The molecule has 0 aromatic heterocycles. The van der Waals surface area contributed by atoms with Crippen LogP contribution in [0.5, 0.6) is 0 Å². The molecule has 4 nitrogen and oxygen atoms in total. The van der Waals surface area contributed by atoms with Crippen LogP contribution in [0.2, 0.25) is 10.0 Å². The summed E-state index contributed by atoms with van der Waals surface area (Å²) in [6.07, 6.45) is 0.763. The lowest BCUT2D eigenvalue weighted by Crippen LogP contribution is -2.43. The van der Waals surface area contributed by atoms with E-state index in [9.17, 15) is 9.90 Å². The highest BCUT2D eigenvalue weighted by atomic mass is 35.5. The first-order valence-electron chi connectivity index (χ1n) is 7.76. The normalized spacial score (nSPS) is 20.7. The number of carbonyl (C=O) groups excluding carboxylic acids is 1. The van der Waals surface area contributed by atoms with E-state index in [4.69, 9.17) is 27.9 Å². The summed E-state index contributed by atoms with van der Waals surface area (Å²) >= 11 is 11.9. The van der Waals surface area contributed by atoms with Crippen LogP contribution in [-0.4, -0.2) is 46.8 Å². The molecular weight excluding hydrogens is 337 g/mol. The molecule has 1 fully saturated rings. The Balaban J connectivity index is 2.05. The summed E-state index contributed by atoms with van der Waals surface area (Å²) in [7, 11) is 0. The van der Waals surface area contributed by atoms with Gasteiger partial charge in [-0.2, -0.15) is 0 Å². The second kappa shape index (κ2) is 7.49. The number of aliphatic hydroxyl groups excluding tert-OH is 1. The fourth-order valence-corrected chi connectivity index (χ4v) is 3.13. The van der Waals surface area contributed by atoms with Crippen molar-refractivity contribution in [3.63, 3.8) is 0 Å². The lowest BCUT2D eigenvalue weighted by atomic mass is 10.0. The van der Waals surface area contributed by atoms with E-state index in [-0.39, 0.29) is 11.8 Å². The maximum atomic E-state index is 12.7. The Morgan fingerprint density at radius 3 is 2.70 bits per heavy atom. The topological polar surface area (TPSA) is 49.8 Å². The minimum Gasteiger partial charge on any atom is -0.367 e. The molecule has 0 aliphatic carbocycles. The number of rotatable bonds is 5. The number of ether oxygens (including phenoxy) is 1. The summed E-state index contributed by atoms with van der Waals surface area (Å²) in [6, 6.07) is 4.67. The molecule has 1 heterocycles. The van der Waals surface area contributed by atoms with Crippen molar-refractivity contribution in [2.75, 3.05) is 13.1 Å². The standard InChI is InChI=1S/C17H23Cl2NO3/c1-17(2,3)23-15(21)10-20-8-4-5-14(20)16(22)11-6-7-12(18)13(19)9-11/h6-7,9,14-15,21H,4-5,8,10H2,1-3H3/t14-,15?/m0/s1. The molecule has 23 heavy (non-hydrogen) atoms. The van der Waals surface area contributed by atoms with Crippen LogP contribution >= 0.6 is 23.2 Å². The number of Topliss-reactive ketones (excluding diaryl/α,β-unsaturated/α-hetero) is 1. The van der Waals surface area contributed by atoms with Gasteiger partial charge in [0.2, 0.25) is 0 Å². The van der Waals surface area contributed by atoms with Gasteiger partial charge in [-0.05, 0) is 58.4 Å². The average Bonchev–Trinajstić information content (AvgIpc) is 2.86. The van der Waals surface area contributed by atoms with E-state index in [0.717, 1.165) is 19.4 Å². The SMILES string of the molecule is CC(C)(C)OC(O)CN1CCC[C@H]1C(=O)c1ccc(Cl)c(Cl)c1. The van der Waals surface area contributed by atoms with E-state index < -0.39 is 11.9 Å². The first-order chi connectivity index (χ1) is 10.7. The molecule has 0 saturated carbocycles. The Labute approximate surface area is 147 Å². The molecule has 0 radical (unpaired) electrons. The first kappa shape index (κ1) is 18.7. The average molecular weight is 360 g/mol. The molecule has 0 amide bonds. The van der Waals surface area contributed by atoms with Gasteiger partial charge in [0.15, 0.2) is 12.1 Å². The van der Waals surface area contributed by atoms with Crippen LogP contribution in [0.1, 0.15) is 44.0 Å². The number of nitrogens with zero attached hydrogens (tertiary/aromatic N) is 1. The molecule has 128 valence electrons. The molecule has 1 aromatic carbocycles. The fraction of sp³-hybridized carbons (Fsp3) is 0.588. The number of likely N-dealkylation sites (tertiary alicyclic amines) is 1. The minimum atomic E-state index is -0.919. The van der Waals surface area contributed by atoms with Gasteiger partial charge in [0.05, 0.1) is 28.2 Å². The fourth-order valence-electron chi connectivity index (χ4n) is 2.83. The Hall–Kier alpha value is -0.650. The van der Waals surface area contributed by atoms with Crippen molar-refractivity contribution in [3.8, 4) is 0 Å². The zero-order chi connectivity index (χ0) is 17.2. The van der Waals surface area contributed by atoms with Crippen molar-refractivity contribution in [1.82, 2.24) is 4.90 Å². The summed E-state index contributed by atoms with van der Waals surface area (Å²) in [5.74, 6) is 0.00373. The molecule has 6 heteroatoms. The molecular formula is C17H23Cl2NO3. The van der Waals surface area contributed by atoms with Gasteiger partial charge in [-0.3, -0.25) is 9.69 Å². The quantitative estimate of drug-likeness (QED) is 0.642. The highest BCUT2D eigenvalue weighted by Crippen LogP contribution is 2.27. The lowest BCUT2D eigenvalue weighted by Gasteiger charge is -2.29.